The Labute approximate surface area is 73.8 Å². The van der Waals surface area contributed by atoms with E-state index in [0.717, 1.165) is 4.88 Å². The lowest BCUT2D eigenvalue weighted by atomic mass is 10.1. The van der Waals surface area contributed by atoms with Crippen LogP contribution in [0.15, 0.2) is 11.7 Å². The topological polar surface area (TPSA) is 59.4 Å². The zero-order chi connectivity index (χ0) is 8.81. The van der Waals surface area contributed by atoms with Crippen LogP contribution >= 0.6 is 11.3 Å². The molecule has 1 aromatic heterocycles. The summed E-state index contributed by atoms with van der Waals surface area (Å²) in [7, 11) is 0. The SMILES string of the molecule is O=COCC(CO)c1cncs1. The van der Waals surface area contributed by atoms with Crippen molar-refractivity contribution in [1.82, 2.24) is 4.98 Å². The standard InChI is InChI=1S/C7H9NO3S/c9-2-6(3-11-5-10)7-1-8-4-12-7/h1,4-6,9H,2-3H2. The van der Waals surface area contributed by atoms with Gasteiger partial charge in [0.2, 0.25) is 0 Å². The molecular formula is C7H9NO3S. The van der Waals surface area contributed by atoms with Gasteiger partial charge in [-0.1, -0.05) is 0 Å². The molecule has 0 saturated heterocycles. The van der Waals surface area contributed by atoms with Crippen molar-refractivity contribution in [1.29, 1.82) is 0 Å². The first-order valence-electron chi connectivity index (χ1n) is 3.43. The summed E-state index contributed by atoms with van der Waals surface area (Å²) in [6.07, 6.45) is 1.67. The lowest BCUT2D eigenvalue weighted by Crippen LogP contribution is -2.09. The minimum absolute atomic E-state index is 0.0317. The first-order chi connectivity index (χ1) is 5.88. The van der Waals surface area contributed by atoms with Gasteiger partial charge in [0.05, 0.1) is 18.0 Å². The molecule has 0 aromatic carbocycles. The summed E-state index contributed by atoms with van der Waals surface area (Å²) < 4.78 is 4.55. The van der Waals surface area contributed by atoms with Gasteiger partial charge in [0, 0.05) is 11.1 Å². The van der Waals surface area contributed by atoms with Crippen molar-refractivity contribution in [2.24, 2.45) is 0 Å². The maximum Gasteiger partial charge on any atom is 0.293 e. The van der Waals surface area contributed by atoms with Gasteiger partial charge in [-0.05, 0) is 0 Å². The fourth-order valence-corrected chi connectivity index (χ4v) is 1.51. The van der Waals surface area contributed by atoms with Crippen molar-refractivity contribution in [2.45, 2.75) is 5.92 Å². The Bertz CT molecular complexity index is 225. The number of rotatable bonds is 5. The van der Waals surface area contributed by atoms with Crippen LogP contribution in [0.25, 0.3) is 0 Å². The number of aromatic nitrogens is 1. The molecule has 1 N–H and O–H groups in total. The Kier molecular flexibility index (Phi) is 3.69. The lowest BCUT2D eigenvalue weighted by Gasteiger charge is -2.08. The second-order valence-corrected chi connectivity index (χ2v) is 3.13. The summed E-state index contributed by atoms with van der Waals surface area (Å²) >= 11 is 1.44. The molecule has 1 atom stereocenters. The fourth-order valence-electron chi connectivity index (χ4n) is 0.807. The van der Waals surface area contributed by atoms with Crippen LogP contribution in [-0.2, 0) is 9.53 Å². The quantitative estimate of drug-likeness (QED) is 0.677. The van der Waals surface area contributed by atoms with Crippen molar-refractivity contribution in [2.75, 3.05) is 13.2 Å². The predicted molar refractivity (Wildman–Crippen MR) is 44.0 cm³/mol. The molecule has 0 fully saturated rings. The lowest BCUT2D eigenvalue weighted by molar-refractivity contribution is -0.129. The second-order valence-electron chi connectivity index (χ2n) is 2.21. The van der Waals surface area contributed by atoms with Crippen molar-refractivity contribution in [3.63, 3.8) is 0 Å². The Morgan fingerprint density at radius 3 is 3.17 bits per heavy atom. The molecule has 0 radical (unpaired) electrons. The third kappa shape index (κ3) is 2.28. The predicted octanol–water partition coefficient (Wildman–Crippen LogP) is 0.392. The third-order valence-electron chi connectivity index (χ3n) is 1.44. The summed E-state index contributed by atoms with van der Waals surface area (Å²) in [6, 6.07) is 0. The smallest absolute Gasteiger partial charge is 0.293 e. The number of hydrogen-bond donors (Lipinski definition) is 1. The second kappa shape index (κ2) is 4.84. The highest BCUT2D eigenvalue weighted by Gasteiger charge is 2.11. The van der Waals surface area contributed by atoms with Crippen LogP contribution in [0.1, 0.15) is 10.8 Å². The van der Waals surface area contributed by atoms with E-state index in [1.165, 1.54) is 11.3 Å². The molecule has 66 valence electrons. The van der Waals surface area contributed by atoms with Gasteiger partial charge in [0.1, 0.15) is 6.61 Å². The minimum Gasteiger partial charge on any atom is -0.467 e. The van der Waals surface area contributed by atoms with Crippen LogP contribution in [0.5, 0.6) is 0 Å². The van der Waals surface area contributed by atoms with Gasteiger partial charge >= 0.3 is 0 Å². The Morgan fingerprint density at radius 2 is 2.67 bits per heavy atom. The largest absolute Gasteiger partial charge is 0.467 e. The van der Waals surface area contributed by atoms with E-state index in [4.69, 9.17) is 5.11 Å². The molecule has 0 spiro atoms. The van der Waals surface area contributed by atoms with E-state index in [-0.39, 0.29) is 19.1 Å². The zero-order valence-corrected chi connectivity index (χ0v) is 7.16. The van der Waals surface area contributed by atoms with Crippen LogP contribution < -0.4 is 0 Å². The van der Waals surface area contributed by atoms with E-state index in [0.29, 0.717) is 6.47 Å². The summed E-state index contributed by atoms with van der Waals surface area (Å²) in [5, 5.41) is 8.91. The molecule has 0 amide bonds. The highest BCUT2D eigenvalue weighted by atomic mass is 32.1. The molecule has 1 aromatic rings. The Morgan fingerprint density at radius 1 is 1.83 bits per heavy atom. The van der Waals surface area contributed by atoms with Gasteiger partial charge in [-0.2, -0.15) is 0 Å². The molecule has 5 heteroatoms. The van der Waals surface area contributed by atoms with Gasteiger partial charge in [0.15, 0.2) is 0 Å². The first-order valence-corrected chi connectivity index (χ1v) is 4.31. The molecule has 0 aliphatic rings. The van der Waals surface area contributed by atoms with E-state index in [9.17, 15) is 4.79 Å². The van der Waals surface area contributed by atoms with E-state index in [1.54, 1.807) is 11.7 Å². The monoisotopic (exact) mass is 187 g/mol. The van der Waals surface area contributed by atoms with Crippen molar-refractivity contribution >= 4 is 17.8 Å². The van der Waals surface area contributed by atoms with Crippen LogP contribution in [0, 0.1) is 0 Å². The molecule has 0 saturated carbocycles. The number of thiazole rings is 1. The fraction of sp³-hybridized carbons (Fsp3) is 0.429. The maximum absolute atomic E-state index is 9.88. The number of carbonyl (C=O) groups is 1. The van der Waals surface area contributed by atoms with Gasteiger partial charge in [-0.3, -0.25) is 9.78 Å². The summed E-state index contributed by atoms with van der Waals surface area (Å²) in [5.74, 6) is -0.136. The third-order valence-corrected chi connectivity index (χ3v) is 2.38. The number of ether oxygens (including phenoxy) is 1. The summed E-state index contributed by atoms with van der Waals surface area (Å²) in [5.41, 5.74) is 1.68. The summed E-state index contributed by atoms with van der Waals surface area (Å²) in [6.45, 7) is 0.557. The number of aliphatic hydroxyl groups excluding tert-OH is 1. The number of nitrogens with zero attached hydrogens (tertiary/aromatic N) is 1. The molecule has 0 aliphatic carbocycles. The molecule has 4 nitrogen and oxygen atoms in total. The van der Waals surface area contributed by atoms with Gasteiger partial charge in [-0.15, -0.1) is 11.3 Å². The van der Waals surface area contributed by atoms with Crippen molar-refractivity contribution < 1.29 is 14.6 Å². The van der Waals surface area contributed by atoms with Crippen molar-refractivity contribution in [3.8, 4) is 0 Å². The van der Waals surface area contributed by atoms with Gasteiger partial charge < -0.3 is 9.84 Å². The summed E-state index contributed by atoms with van der Waals surface area (Å²) in [4.78, 5) is 14.7. The highest BCUT2D eigenvalue weighted by Crippen LogP contribution is 2.18. The minimum atomic E-state index is -0.136. The van der Waals surface area contributed by atoms with E-state index < -0.39 is 0 Å². The maximum atomic E-state index is 9.88. The average molecular weight is 187 g/mol. The Hall–Kier alpha value is -0.940. The van der Waals surface area contributed by atoms with Crippen LogP contribution in [0.2, 0.25) is 0 Å². The highest BCUT2D eigenvalue weighted by molar-refractivity contribution is 7.09. The van der Waals surface area contributed by atoms with Gasteiger partial charge in [-0.25, -0.2) is 0 Å². The number of hydrogen-bond acceptors (Lipinski definition) is 5. The first kappa shape index (κ1) is 9.15. The van der Waals surface area contributed by atoms with Crippen LogP contribution in [0.4, 0.5) is 0 Å². The molecule has 1 unspecified atom stereocenters. The van der Waals surface area contributed by atoms with Crippen LogP contribution in [-0.4, -0.2) is 29.8 Å². The normalized spacial score (nSPS) is 12.4. The van der Waals surface area contributed by atoms with Crippen LogP contribution in [0.3, 0.4) is 0 Å². The molecular weight excluding hydrogens is 178 g/mol. The average Bonchev–Trinajstić information content (AvgIpc) is 2.59. The number of aliphatic hydroxyl groups is 1. The molecule has 12 heavy (non-hydrogen) atoms. The van der Waals surface area contributed by atoms with Crippen molar-refractivity contribution in [3.05, 3.63) is 16.6 Å². The zero-order valence-electron chi connectivity index (χ0n) is 6.34. The molecule has 0 aliphatic heterocycles. The van der Waals surface area contributed by atoms with E-state index in [1.807, 2.05) is 0 Å². The molecule has 1 heterocycles. The van der Waals surface area contributed by atoms with E-state index >= 15 is 0 Å². The Balaban J connectivity index is 2.51. The molecule has 0 bridgehead atoms. The van der Waals surface area contributed by atoms with Gasteiger partial charge in [0.25, 0.3) is 6.47 Å². The number of carbonyl (C=O) groups excluding carboxylic acids is 1. The molecule has 1 rings (SSSR count). The van der Waals surface area contributed by atoms with E-state index in [2.05, 4.69) is 9.72 Å².